The summed E-state index contributed by atoms with van der Waals surface area (Å²) >= 11 is 0. The maximum Gasteiger partial charge on any atom is 0.336 e. The highest BCUT2D eigenvalue weighted by molar-refractivity contribution is 5.88. The van der Waals surface area contributed by atoms with E-state index in [2.05, 4.69) is 6.58 Å². The van der Waals surface area contributed by atoms with E-state index in [4.69, 9.17) is 14.2 Å². The summed E-state index contributed by atoms with van der Waals surface area (Å²) in [5.74, 6) is 1.57. The molecule has 0 heterocycles. The summed E-state index contributed by atoms with van der Waals surface area (Å²) < 4.78 is 16.0. The van der Waals surface area contributed by atoms with Gasteiger partial charge in [0.2, 0.25) is 0 Å². The van der Waals surface area contributed by atoms with Gasteiger partial charge in [-0.3, -0.25) is 0 Å². The van der Waals surface area contributed by atoms with Crippen molar-refractivity contribution in [2.75, 3.05) is 13.7 Å². The third-order valence-electron chi connectivity index (χ3n) is 3.64. The van der Waals surface area contributed by atoms with Crippen LogP contribution < -0.4 is 14.2 Å². The van der Waals surface area contributed by atoms with Gasteiger partial charge in [-0.1, -0.05) is 18.2 Å². The highest BCUT2D eigenvalue weighted by atomic mass is 16.5. The fraction of sp³-hybridized carbons (Fsp3) is 0.227. The first kappa shape index (κ1) is 19.3. The molecule has 2 rings (SSSR count). The van der Waals surface area contributed by atoms with Gasteiger partial charge in [0.05, 0.1) is 13.7 Å². The van der Waals surface area contributed by atoms with Crippen LogP contribution in [0.3, 0.4) is 0 Å². The first-order valence-electron chi connectivity index (χ1n) is 8.59. The van der Waals surface area contributed by atoms with Crippen molar-refractivity contribution in [2.24, 2.45) is 0 Å². The first-order valence-corrected chi connectivity index (χ1v) is 8.59. The third-order valence-corrected chi connectivity index (χ3v) is 3.64. The lowest BCUT2D eigenvalue weighted by Gasteiger charge is -2.05. The lowest BCUT2D eigenvalue weighted by Crippen LogP contribution is -2.03. The van der Waals surface area contributed by atoms with Crippen LogP contribution in [0.25, 0.3) is 6.08 Å². The molecular weight excluding hydrogens is 328 g/mol. The van der Waals surface area contributed by atoms with Gasteiger partial charge >= 0.3 is 5.97 Å². The summed E-state index contributed by atoms with van der Waals surface area (Å²) in [7, 11) is 1.59. The van der Waals surface area contributed by atoms with Crippen LogP contribution in [0.5, 0.6) is 17.2 Å². The van der Waals surface area contributed by atoms with E-state index >= 15 is 0 Å². The zero-order chi connectivity index (χ0) is 18.6. The van der Waals surface area contributed by atoms with Crippen molar-refractivity contribution < 1.29 is 19.0 Å². The van der Waals surface area contributed by atoms with E-state index in [1.165, 1.54) is 6.08 Å². The molecule has 0 unspecified atom stereocenters. The van der Waals surface area contributed by atoms with Crippen LogP contribution >= 0.6 is 0 Å². The fourth-order valence-corrected chi connectivity index (χ4v) is 2.21. The number of hydrogen-bond donors (Lipinski definition) is 0. The SMILES string of the molecule is C=CCCCCOc1ccc(C=CC(=O)Oc2ccc(OC)cc2)cc1. The van der Waals surface area contributed by atoms with Gasteiger partial charge in [0, 0.05) is 6.08 Å². The van der Waals surface area contributed by atoms with Gasteiger partial charge in [0.1, 0.15) is 17.2 Å². The van der Waals surface area contributed by atoms with E-state index in [0.717, 1.165) is 30.6 Å². The minimum Gasteiger partial charge on any atom is -0.497 e. The van der Waals surface area contributed by atoms with Crippen molar-refractivity contribution in [1.29, 1.82) is 0 Å². The Hall–Kier alpha value is -3.01. The Morgan fingerprint density at radius 1 is 0.962 bits per heavy atom. The van der Waals surface area contributed by atoms with Gasteiger partial charge in [-0.15, -0.1) is 6.58 Å². The minimum atomic E-state index is -0.433. The van der Waals surface area contributed by atoms with Crippen LogP contribution in [-0.4, -0.2) is 19.7 Å². The Bertz CT molecular complexity index is 715. The van der Waals surface area contributed by atoms with Gasteiger partial charge in [-0.25, -0.2) is 4.79 Å². The number of hydrogen-bond acceptors (Lipinski definition) is 4. The first-order chi connectivity index (χ1) is 12.7. The lowest BCUT2D eigenvalue weighted by atomic mass is 10.2. The molecule has 0 amide bonds. The predicted octanol–water partition coefficient (Wildman–Crippen LogP) is 5.05. The highest BCUT2D eigenvalue weighted by Crippen LogP contribution is 2.18. The van der Waals surface area contributed by atoms with Crippen LogP contribution in [0.15, 0.2) is 67.3 Å². The van der Waals surface area contributed by atoms with Gasteiger partial charge in [0.25, 0.3) is 0 Å². The number of benzene rings is 2. The second kappa shape index (κ2) is 10.8. The molecule has 0 bridgehead atoms. The smallest absolute Gasteiger partial charge is 0.336 e. The van der Waals surface area contributed by atoms with Crippen molar-refractivity contribution in [3.8, 4) is 17.2 Å². The Labute approximate surface area is 154 Å². The topological polar surface area (TPSA) is 44.8 Å². The van der Waals surface area contributed by atoms with E-state index < -0.39 is 5.97 Å². The molecule has 0 saturated carbocycles. The number of allylic oxidation sites excluding steroid dienone is 1. The maximum absolute atomic E-state index is 11.9. The Balaban J connectivity index is 1.79. The molecule has 136 valence electrons. The van der Waals surface area contributed by atoms with Crippen molar-refractivity contribution in [3.63, 3.8) is 0 Å². The number of methoxy groups -OCH3 is 1. The molecule has 2 aromatic rings. The maximum atomic E-state index is 11.9. The lowest BCUT2D eigenvalue weighted by molar-refractivity contribution is -0.128. The van der Waals surface area contributed by atoms with Crippen molar-refractivity contribution >= 4 is 12.0 Å². The molecule has 0 aliphatic rings. The monoisotopic (exact) mass is 352 g/mol. The molecule has 26 heavy (non-hydrogen) atoms. The number of rotatable bonds is 10. The normalized spacial score (nSPS) is 10.5. The summed E-state index contributed by atoms with van der Waals surface area (Å²) in [6.07, 6.45) is 8.13. The number of carbonyl (C=O) groups excluding carboxylic acids is 1. The third kappa shape index (κ3) is 6.85. The van der Waals surface area contributed by atoms with E-state index in [0.29, 0.717) is 18.1 Å². The molecule has 0 aliphatic heterocycles. The van der Waals surface area contributed by atoms with Gasteiger partial charge < -0.3 is 14.2 Å². The van der Waals surface area contributed by atoms with Crippen LogP contribution in [0.4, 0.5) is 0 Å². The van der Waals surface area contributed by atoms with E-state index in [1.807, 2.05) is 30.3 Å². The summed E-state index contributed by atoms with van der Waals surface area (Å²) in [6, 6.07) is 14.4. The fourth-order valence-electron chi connectivity index (χ4n) is 2.21. The summed E-state index contributed by atoms with van der Waals surface area (Å²) in [4.78, 5) is 11.9. The van der Waals surface area contributed by atoms with Crippen LogP contribution in [-0.2, 0) is 4.79 Å². The highest BCUT2D eigenvalue weighted by Gasteiger charge is 2.01. The molecular formula is C22H24O4. The molecule has 0 fully saturated rings. The van der Waals surface area contributed by atoms with Gasteiger partial charge in [0.15, 0.2) is 0 Å². The molecule has 2 aromatic carbocycles. The minimum absolute atomic E-state index is 0.433. The zero-order valence-electron chi connectivity index (χ0n) is 15.0. The van der Waals surface area contributed by atoms with Crippen LogP contribution in [0, 0.1) is 0 Å². The molecule has 0 saturated heterocycles. The molecule has 0 N–H and O–H groups in total. The quantitative estimate of drug-likeness (QED) is 0.197. The molecule has 0 radical (unpaired) electrons. The van der Waals surface area contributed by atoms with Gasteiger partial charge in [-0.05, 0) is 67.3 Å². The summed E-state index contributed by atoms with van der Waals surface area (Å²) in [5, 5.41) is 0. The molecule has 4 heteroatoms. The largest absolute Gasteiger partial charge is 0.497 e. The molecule has 0 aromatic heterocycles. The number of ether oxygens (including phenoxy) is 3. The summed E-state index contributed by atoms with van der Waals surface area (Å²) in [5.41, 5.74) is 0.899. The predicted molar refractivity (Wildman–Crippen MR) is 104 cm³/mol. The Morgan fingerprint density at radius 2 is 1.62 bits per heavy atom. The van der Waals surface area contributed by atoms with Gasteiger partial charge in [-0.2, -0.15) is 0 Å². The van der Waals surface area contributed by atoms with E-state index in [-0.39, 0.29) is 0 Å². The second-order valence-electron chi connectivity index (χ2n) is 5.63. The number of esters is 1. The average molecular weight is 352 g/mol. The van der Waals surface area contributed by atoms with Crippen molar-refractivity contribution in [2.45, 2.75) is 19.3 Å². The standard InChI is InChI=1S/C22H24O4/c1-3-4-5-6-17-25-20-10-7-18(8-11-20)9-16-22(23)26-21-14-12-19(24-2)13-15-21/h3,7-16H,1,4-6,17H2,2H3. The van der Waals surface area contributed by atoms with Crippen LogP contribution in [0.2, 0.25) is 0 Å². The molecule has 0 spiro atoms. The van der Waals surface area contributed by atoms with Crippen molar-refractivity contribution in [1.82, 2.24) is 0 Å². The average Bonchev–Trinajstić information content (AvgIpc) is 2.68. The zero-order valence-corrected chi connectivity index (χ0v) is 15.0. The Kier molecular flexibility index (Phi) is 8.00. The van der Waals surface area contributed by atoms with Crippen molar-refractivity contribution in [3.05, 3.63) is 72.8 Å². The molecule has 4 nitrogen and oxygen atoms in total. The van der Waals surface area contributed by atoms with E-state index in [1.54, 1.807) is 37.5 Å². The summed E-state index contributed by atoms with van der Waals surface area (Å²) in [6.45, 7) is 4.39. The van der Waals surface area contributed by atoms with Crippen LogP contribution in [0.1, 0.15) is 24.8 Å². The molecule has 0 atom stereocenters. The number of unbranched alkanes of at least 4 members (excludes halogenated alkanes) is 2. The Morgan fingerprint density at radius 3 is 2.27 bits per heavy atom. The number of carbonyl (C=O) groups is 1. The van der Waals surface area contributed by atoms with E-state index in [9.17, 15) is 4.79 Å². The molecule has 0 aliphatic carbocycles. The second-order valence-corrected chi connectivity index (χ2v) is 5.63.